The van der Waals surface area contributed by atoms with Crippen LogP contribution in [0.2, 0.25) is 0 Å². The fourth-order valence-corrected chi connectivity index (χ4v) is 4.75. The first-order valence-electron chi connectivity index (χ1n) is 10.1. The molecule has 9 heteroatoms. The van der Waals surface area contributed by atoms with Gasteiger partial charge in [-0.2, -0.15) is 0 Å². The molecule has 164 valence electrons. The second-order valence-electron chi connectivity index (χ2n) is 6.94. The number of hydrogen-bond donors (Lipinski definition) is 1. The van der Waals surface area contributed by atoms with E-state index in [1.807, 2.05) is 0 Å². The molecule has 30 heavy (non-hydrogen) atoms. The van der Waals surface area contributed by atoms with E-state index >= 15 is 0 Å². The van der Waals surface area contributed by atoms with Gasteiger partial charge in [0.2, 0.25) is 5.91 Å². The van der Waals surface area contributed by atoms with Gasteiger partial charge in [-0.05, 0) is 37.1 Å². The highest BCUT2D eigenvalue weighted by Crippen LogP contribution is 2.18. The van der Waals surface area contributed by atoms with Gasteiger partial charge in [0.25, 0.3) is 0 Å². The van der Waals surface area contributed by atoms with Crippen molar-refractivity contribution in [2.75, 3.05) is 17.7 Å². The zero-order valence-electron chi connectivity index (χ0n) is 17.5. The lowest BCUT2D eigenvalue weighted by molar-refractivity contribution is -0.114. The van der Waals surface area contributed by atoms with Crippen LogP contribution < -0.4 is 5.32 Å². The summed E-state index contributed by atoms with van der Waals surface area (Å²) < 4.78 is 25.7. The molecular formula is C21H29N3O4S2. The molecular weight excluding hydrogens is 422 g/mol. The van der Waals surface area contributed by atoms with Crippen molar-refractivity contribution in [2.24, 2.45) is 5.16 Å². The monoisotopic (exact) mass is 451 g/mol. The molecule has 1 heterocycles. The van der Waals surface area contributed by atoms with Gasteiger partial charge in [0.1, 0.15) is 23.1 Å². The number of carbonyl (C=O) groups is 1. The van der Waals surface area contributed by atoms with Gasteiger partial charge >= 0.3 is 0 Å². The Bertz CT molecular complexity index is 908. The SMILES string of the molecule is CCCCCCCCO/N=C(/CS(=O)(=O)c1ccc(NC(C)=O)cc1)c1nccs1. The van der Waals surface area contributed by atoms with Crippen molar-refractivity contribution in [1.29, 1.82) is 0 Å². The summed E-state index contributed by atoms with van der Waals surface area (Å²) in [4.78, 5) is 20.9. The van der Waals surface area contributed by atoms with Crippen LogP contribution in [0.1, 0.15) is 57.4 Å². The minimum Gasteiger partial charge on any atom is -0.395 e. The molecule has 0 saturated heterocycles. The minimum atomic E-state index is -3.65. The van der Waals surface area contributed by atoms with Gasteiger partial charge < -0.3 is 10.2 Å². The normalized spacial score (nSPS) is 12.0. The van der Waals surface area contributed by atoms with Crippen molar-refractivity contribution >= 4 is 38.5 Å². The van der Waals surface area contributed by atoms with Crippen LogP contribution >= 0.6 is 11.3 Å². The first-order valence-corrected chi connectivity index (χ1v) is 12.6. The first-order chi connectivity index (χ1) is 14.4. The molecule has 0 saturated carbocycles. The number of hydrogen-bond acceptors (Lipinski definition) is 7. The summed E-state index contributed by atoms with van der Waals surface area (Å²) in [6, 6.07) is 6.06. The molecule has 1 aromatic heterocycles. The van der Waals surface area contributed by atoms with Crippen LogP contribution in [-0.2, 0) is 19.5 Å². The average Bonchev–Trinajstić information content (AvgIpc) is 3.24. The highest BCUT2D eigenvalue weighted by atomic mass is 32.2. The Morgan fingerprint density at radius 3 is 2.47 bits per heavy atom. The number of sulfone groups is 1. The van der Waals surface area contributed by atoms with E-state index in [9.17, 15) is 13.2 Å². The van der Waals surface area contributed by atoms with Crippen molar-refractivity contribution in [3.8, 4) is 0 Å². The number of carbonyl (C=O) groups excluding carboxylic acids is 1. The predicted molar refractivity (Wildman–Crippen MR) is 121 cm³/mol. The number of rotatable bonds is 13. The van der Waals surface area contributed by atoms with Crippen LogP contribution in [0.5, 0.6) is 0 Å². The zero-order valence-corrected chi connectivity index (χ0v) is 19.1. The molecule has 1 amide bonds. The standard InChI is InChI=1S/C21H29N3O4S2/c1-3-4-5-6-7-8-14-28-24-20(21-22-13-15-29-21)16-30(26,27)19-11-9-18(10-12-19)23-17(2)25/h9-13,15H,3-8,14,16H2,1-2H3,(H,23,25)/b24-20-. The summed E-state index contributed by atoms with van der Waals surface area (Å²) in [5.74, 6) is -0.525. The number of amides is 1. The Hall–Kier alpha value is -2.26. The lowest BCUT2D eigenvalue weighted by atomic mass is 10.1. The molecule has 0 atom stereocenters. The van der Waals surface area contributed by atoms with Gasteiger partial charge in [0.05, 0.1) is 4.90 Å². The second kappa shape index (κ2) is 12.4. The second-order valence-corrected chi connectivity index (χ2v) is 9.83. The van der Waals surface area contributed by atoms with E-state index in [1.54, 1.807) is 23.7 Å². The number of nitrogens with zero attached hydrogens (tertiary/aromatic N) is 2. The van der Waals surface area contributed by atoms with Gasteiger partial charge in [0.15, 0.2) is 9.84 Å². The van der Waals surface area contributed by atoms with Crippen molar-refractivity contribution in [1.82, 2.24) is 4.98 Å². The Morgan fingerprint density at radius 2 is 1.83 bits per heavy atom. The van der Waals surface area contributed by atoms with Crippen LogP contribution in [0.4, 0.5) is 5.69 Å². The maximum atomic E-state index is 12.9. The average molecular weight is 452 g/mol. The fourth-order valence-electron chi connectivity index (χ4n) is 2.78. The van der Waals surface area contributed by atoms with Crippen LogP contribution in [0.15, 0.2) is 45.9 Å². The van der Waals surface area contributed by atoms with Gasteiger partial charge in [0, 0.05) is 24.2 Å². The minimum absolute atomic E-state index is 0.150. The smallest absolute Gasteiger partial charge is 0.221 e. The zero-order chi connectivity index (χ0) is 21.8. The van der Waals surface area contributed by atoms with Gasteiger partial charge in [-0.25, -0.2) is 13.4 Å². The van der Waals surface area contributed by atoms with Crippen LogP contribution in [0, 0.1) is 0 Å². The molecule has 0 aliphatic carbocycles. The first kappa shape index (κ1) is 24.0. The highest BCUT2D eigenvalue weighted by molar-refractivity contribution is 7.92. The van der Waals surface area contributed by atoms with E-state index in [0.717, 1.165) is 12.8 Å². The molecule has 0 spiro atoms. The highest BCUT2D eigenvalue weighted by Gasteiger charge is 2.21. The number of oxime groups is 1. The number of nitrogens with one attached hydrogen (secondary N) is 1. The number of unbranched alkanes of at least 4 members (excludes halogenated alkanes) is 5. The Labute approximate surface area is 182 Å². The molecule has 2 rings (SSSR count). The fraction of sp³-hybridized carbons (Fsp3) is 0.476. The molecule has 0 aliphatic rings. The van der Waals surface area contributed by atoms with Crippen LogP contribution in [0.3, 0.4) is 0 Å². The van der Waals surface area contributed by atoms with E-state index in [-0.39, 0.29) is 16.6 Å². The van der Waals surface area contributed by atoms with Gasteiger partial charge in [-0.1, -0.05) is 37.8 Å². The van der Waals surface area contributed by atoms with Crippen molar-refractivity contribution in [3.63, 3.8) is 0 Å². The molecule has 2 aromatic rings. The molecule has 0 aliphatic heterocycles. The van der Waals surface area contributed by atoms with E-state index < -0.39 is 9.84 Å². The summed E-state index contributed by atoms with van der Waals surface area (Å²) in [6.45, 7) is 4.03. The summed E-state index contributed by atoms with van der Waals surface area (Å²) in [7, 11) is -3.65. The van der Waals surface area contributed by atoms with Crippen LogP contribution in [-0.4, -0.2) is 37.4 Å². The third-order valence-corrected chi connectivity index (χ3v) is 6.77. The quantitative estimate of drug-likeness (QED) is 0.271. The van der Waals surface area contributed by atoms with Crippen molar-refractivity contribution < 1.29 is 18.0 Å². The number of thiazole rings is 1. The topological polar surface area (TPSA) is 97.7 Å². The summed E-state index contributed by atoms with van der Waals surface area (Å²) in [5.41, 5.74) is 0.833. The molecule has 0 radical (unpaired) electrons. The molecule has 1 aromatic carbocycles. The third-order valence-electron chi connectivity index (χ3n) is 4.30. The maximum Gasteiger partial charge on any atom is 0.221 e. The number of anilines is 1. The Balaban J connectivity index is 2.00. The number of aromatic nitrogens is 1. The van der Waals surface area contributed by atoms with Crippen LogP contribution in [0.25, 0.3) is 0 Å². The summed E-state index contributed by atoms with van der Waals surface area (Å²) >= 11 is 1.32. The summed E-state index contributed by atoms with van der Waals surface area (Å²) in [6.07, 6.45) is 8.42. The molecule has 0 fully saturated rings. The maximum absolute atomic E-state index is 12.9. The van der Waals surface area contributed by atoms with E-state index in [2.05, 4.69) is 22.4 Å². The van der Waals surface area contributed by atoms with Crippen molar-refractivity contribution in [3.05, 3.63) is 40.8 Å². The summed E-state index contributed by atoms with van der Waals surface area (Å²) in [5, 5.41) is 9.01. The van der Waals surface area contributed by atoms with Gasteiger partial charge in [-0.15, -0.1) is 11.3 Å². The molecule has 1 N–H and O–H groups in total. The molecule has 0 bridgehead atoms. The molecule has 7 nitrogen and oxygen atoms in total. The Kier molecular flexibility index (Phi) is 9.96. The van der Waals surface area contributed by atoms with E-state index in [0.29, 0.717) is 23.0 Å². The lowest BCUT2D eigenvalue weighted by Crippen LogP contribution is -2.18. The van der Waals surface area contributed by atoms with E-state index in [1.165, 1.54) is 56.1 Å². The van der Waals surface area contributed by atoms with Crippen molar-refractivity contribution in [2.45, 2.75) is 57.3 Å². The molecule has 0 unspecified atom stereocenters. The van der Waals surface area contributed by atoms with Gasteiger partial charge in [-0.3, -0.25) is 4.79 Å². The predicted octanol–water partition coefficient (Wildman–Crippen LogP) is 4.66. The van der Waals surface area contributed by atoms with E-state index in [4.69, 9.17) is 4.84 Å². The lowest BCUT2D eigenvalue weighted by Gasteiger charge is -2.08. The largest absolute Gasteiger partial charge is 0.395 e. The Morgan fingerprint density at radius 1 is 1.13 bits per heavy atom. The third kappa shape index (κ3) is 8.23. The number of benzene rings is 1.